The molecule has 2 rings (SSSR count). The van der Waals surface area contributed by atoms with Crippen molar-refractivity contribution in [3.05, 3.63) is 22.6 Å². The summed E-state index contributed by atoms with van der Waals surface area (Å²) in [6, 6.07) is -0.590. The van der Waals surface area contributed by atoms with Gasteiger partial charge in [-0.1, -0.05) is 34.6 Å². The fourth-order valence-corrected chi connectivity index (χ4v) is 2.89. The SMILES string of the molecule is CC.CC.CCC(Nc1nc(Nc2snc(C)c2C)c(C(N)=O)nc1C)C(N)=O. The maximum atomic E-state index is 11.7. The highest BCUT2D eigenvalue weighted by molar-refractivity contribution is 7.10. The van der Waals surface area contributed by atoms with E-state index in [-0.39, 0.29) is 11.5 Å². The topological polar surface area (TPSA) is 149 Å². The average molecular weight is 424 g/mol. The van der Waals surface area contributed by atoms with Crippen LogP contribution in [0.25, 0.3) is 0 Å². The molecule has 9 nitrogen and oxygen atoms in total. The molecule has 0 aromatic carbocycles. The second kappa shape index (κ2) is 12.7. The van der Waals surface area contributed by atoms with Crippen molar-refractivity contribution in [3.8, 4) is 0 Å². The number of nitrogens with one attached hydrogen (secondary N) is 2. The van der Waals surface area contributed by atoms with Crippen LogP contribution in [0.3, 0.4) is 0 Å². The summed E-state index contributed by atoms with van der Waals surface area (Å²) in [5.41, 5.74) is 13.1. The van der Waals surface area contributed by atoms with E-state index in [1.54, 1.807) is 6.92 Å². The summed E-state index contributed by atoms with van der Waals surface area (Å²) in [6.45, 7) is 15.3. The standard InChI is InChI=1S/C15H21N7O2S.2C2H6/c1-5-9(11(16)23)19-13-8(4)18-10(12(17)24)14(20-13)21-15-6(2)7(3)22-25-15;2*1-2/h9H,5H2,1-4H3,(H2,16,23)(H2,17,24)(H2,19,20,21);2*1-2H3. The van der Waals surface area contributed by atoms with Crippen molar-refractivity contribution >= 4 is 40.0 Å². The number of nitrogens with zero attached hydrogens (tertiary/aromatic N) is 3. The summed E-state index contributed by atoms with van der Waals surface area (Å²) in [5, 5.41) is 6.75. The van der Waals surface area contributed by atoms with E-state index in [4.69, 9.17) is 11.5 Å². The molecule has 162 valence electrons. The predicted octanol–water partition coefficient (Wildman–Crippen LogP) is 3.43. The van der Waals surface area contributed by atoms with Crippen LogP contribution in [-0.2, 0) is 4.79 Å². The highest BCUT2D eigenvalue weighted by Gasteiger charge is 2.20. The molecule has 2 aromatic heterocycles. The molecule has 0 bridgehead atoms. The molecular formula is C19H33N7O2S. The van der Waals surface area contributed by atoms with E-state index in [2.05, 4.69) is 25.0 Å². The number of anilines is 3. The number of amides is 2. The lowest BCUT2D eigenvalue weighted by Gasteiger charge is -2.17. The average Bonchev–Trinajstić information content (AvgIpc) is 3.02. The van der Waals surface area contributed by atoms with E-state index in [1.165, 1.54) is 11.5 Å². The summed E-state index contributed by atoms with van der Waals surface area (Å²) >= 11 is 1.25. The zero-order chi connectivity index (χ0) is 22.7. The summed E-state index contributed by atoms with van der Waals surface area (Å²) in [7, 11) is 0. The summed E-state index contributed by atoms with van der Waals surface area (Å²) in [6.07, 6.45) is 0.490. The minimum absolute atomic E-state index is 0.0145. The van der Waals surface area contributed by atoms with Gasteiger partial charge in [-0.2, -0.15) is 4.37 Å². The molecule has 6 N–H and O–H groups in total. The molecule has 2 heterocycles. The van der Waals surface area contributed by atoms with Gasteiger partial charge >= 0.3 is 0 Å². The molecule has 0 spiro atoms. The highest BCUT2D eigenvalue weighted by Crippen LogP contribution is 2.28. The van der Waals surface area contributed by atoms with Gasteiger partial charge in [-0.25, -0.2) is 9.97 Å². The molecule has 2 amide bonds. The van der Waals surface area contributed by atoms with Crippen LogP contribution in [0.1, 0.15) is 68.5 Å². The maximum Gasteiger partial charge on any atom is 0.271 e. The van der Waals surface area contributed by atoms with Gasteiger partial charge in [0, 0.05) is 5.56 Å². The normalized spacial score (nSPS) is 10.6. The van der Waals surface area contributed by atoms with Gasteiger partial charge in [-0.3, -0.25) is 9.59 Å². The lowest BCUT2D eigenvalue weighted by atomic mass is 10.2. The van der Waals surface area contributed by atoms with Gasteiger partial charge in [0.05, 0.1) is 11.4 Å². The van der Waals surface area contributed by atoms with Crippen molar-refractivity contribution in [1.29, 1.82) is 0 Å². The molecule has 1 atom stereocenters. The molecule has 2 aromatic rings. The highest BCUT2D eigenvalue weighted by atomic mass is 32.1. The summed E-state index contributed by atoms with van der Waals surface area (Å²) in [4.78, 5) is 31.8. The number of rotatable bonds is 7. The van der Waals surface area contributed by atoms with Crippen LogP contribution in [0.5, 0.6) is 0 Å². The molecule has 29 heavy (non-hydrogen) atoms. The third kappa shape index (κ3) is 6.97. The number of primary amides is 2. The van der Waals surface area contributed by atoms with E-state index in [0.29, 0.717) is 17.9 Å². The Morgan fingerprint density at radius 3 is 2.00 bits per heavy atom. The van der Waals surface area contributed by atoms with Crippen molar-refractivity contribution in [2.24, 2.45) is 11.5 Å². The van der Waals surface area contributed by atoms with Crippen molar-refractivity contribution in [2.45, 2.75) is 67.9 Å². The van der Waals surface area contributed by atoms with Crippen LogP contribution < -0.4 is 22.1 Å². The first-order valence-corrected chi connectivity index (χ1v) is 10.5. The van der Waals surface area contributed by atoms with Gasteiger partial charge in [0.2, 0.25) is 5.91 Å². The Morgan fingerprint density at radius 1 is 1.00 bits per heavy atom. The van der Waals surface area contributed by atoms with Gasteiger partial charge in [-0.15, -0.1) is 0 Å². The molecule has 1 unspecified atom stereocenters. The minimum atomic E-state index is -0.703. The molecular weight excluding hydrogens is 390 g/mol. The van der Waals surface area contributed by atoms with Gasteiger partial charge in [-0.05, 0) is 38.7 Å². The van der Waals surface area contributed by atoms with Crippen LogP contribution in [0, 0.1) is 20.8 Å². The monoisotopic (exact) mass is 423 g/mol. The largest absolute Gasteiger partial charge is 0.368 e. The Labute approximate surface area is 176 Å². The third-order valence-corrected chi connectivity index (χ3v) is 4.71. The van der Waals surface area contributed by atoms with E-state index < -0.39 is 17.9 Å². The van der Waals surface area contributed by atoms with Crippen LogP contribution in [-0.4, -0.2) is 32.2 Å². The third-order valence-electron chi connectivity index (χ3n) is 3.76. The first-order chi connectivity index (χ1) is 13.7. The summed E-state index contributed by atoms with van der Waals surface area (Å²) in [5.74, 6) is -0.639. The molecule has 10 heteroatoms. The smallest absolute Gasteiger partial charge is 0.271 e. The number of carbonyl (C=O) groups excluding carboxylic acids is 2. The lowest BCUT2D eigenvalue weighted by Crippen LogP contribution is -2.35. The minimum Gasteiger partial charge on any atom is -0.368 e. The van der Waals surface area contributed by atoms with Gasteiger partial charge in [0.15, 0.2) is 17.3 Å². The second-order valence-electron chi connectivity index (χ2n) is 5.57. The molecule has 0 fully saturated rings. The Morgan fingerprint density at radius 2 is 1.59 bits per heavy atom. The molecule has 0 saturated carbocycles. The lowest BCUT2D eigenvalue weighted by molar-refractivity contribution is -0.118. The fourth-order valence-electron chi connectivity index (χ4n) is 2.09. The second-order valence-corrected chi connectivity index (χ2v) is 6.35. The number of carbonyl (C=O) groups is 2. The number of hydrogen-bond acceptors (Lipinski definition) is 8. The van der Waals surface area contributed by atoms with Crippen LogP contribution in [0.2, 0.25) is 0 Å². The van der Waals surface area contributed by atoms with Gasteiger partial charge < -0.3 is 22.1 Å². The van der Waals surface area contributed by atoms with Crippen molar-refractivity contribution in [2.75, 3.05) is 10.6 Å². The number of hydrogen-bond donors (Lipinski definition) is 4. The van der Waals surface area contributed by atoms with E-state index >= 15 is 0 Å². The Kier molecular flexibility index (Phi) is 11.5. The molecule has 0 radical (unpaired) electrons. The number of aryl methyl sites for hydroxylation is 2. The molecule has 0 saturated heterocycles. The maximum absolute atomic E-state index is 11.7. The van der Waals surface area contributed by atoms with Crippen LogP contribution in [0.4, 0.5) is 16.6 Å². The summed E-state index contributed by atoms with van der Waals surface area (Å²) < 4.78 is 4.25. The van der Waals surface area contributed by atoms with E-state index in [0.717, 1.165) is 16.3 Å². The zero-order valence-electron chi connectivity index (χ0n) is 18.5. The molecule has 0 aliphatic carbocycles. The van der Waals surface area contributed by atoms with Crippen molar-refractivity contribution in [1.82, 2.24) is 14.3 Å². The number of nitrogens with two attached hydrogens (primary N) is 2. The van der Waals surface area contributed by atoms with E-state index in [1.807, 2.05) is 48.5 Å². The van der Waals surface area contributed by atoms with Gasteiger partial charge in [0.1, 0.15) is 11.0 Å². The van der Waals surface area contributed by atoms with Crippen LogP contribution in [0.15, 0.2) is 0 Å². The van der Waals surface area contributed by atoms with Crippen molar-refractivity contribution in [3.63, 3.8) is 0 Å². The Balaban J connectivity index is 0.00000184. The van der Waals surface area contributed by atoms with Crippen molar-refractivity contribution < 1.29 is 9.59 Å². The zero-order valence-corrected chi connectivity index (χ0v) is 19.3. The number of aromatic nitrogens is 3. The first-order valence-electron chi connectivity index (χ1n) is 9.68. The first kappa shape index (κ1) is 26.2. The Hall–Kier alpha value is -2.75. The van der Waals surface area contributed by atoms with Gasteiger partial charge in [0.25, 0.3) is 5.91 Å². The quantitative estimate of drug-likeness (QED) is 0.533. The van der Waals surface area contributed by atoms with E-state index in [9.17, 15) is 9.59 Å². The molecule has 0 aliphatic rings. The Bertz CT molecular complexity index is 821. The predicted molar refractivity (Wildman–Crippen MR) is 120 cm³/mol. The fraction of sp³-hybridized carbons (Fsp3) is 0.526. The van der Waals surface area contributed by atoms with Crippen LogP contribution >= 0.6 is 11.5 Å². The molecule has 0 aliphatic heterocycles.